The first-order valence-corrected chi connectivity index (χ1v) is 3.11. The molecule has 0 aromatic heterocycles. The lowest BCUT2D eigenvalue weighted by molar-refractivity contribution is -0.119. The minimum absolute atomic E-state index is 0.0162. The smallest absolute Gasteiger partial charge is 0.220 e. The van der Waals surface area contributed by atoms with E-state index in [4.69, 9.17) is 16.7 Å². The first-order valence-electron chi connectivity index (χ1n) is 3.11. The molecule has 0 radical (unpaired) electrons. The first kappa shape index (κ1) is 7.03. The maximum atomic E-state index is 10.4. The van der Waals surface area contributed by atoms with Crippen molar-refractivity contribution in [3.63, 3.8) is 0 Å². The van der Waals surface area contributed by atoms with Gasteiger partial charge in [-0.2, -0.15) is 5.26 Å². The van der Waals surface area contributed by atoms with Crippen molar-refractivity contribution in [3.8, 4) is 6.07 Å². The van der Waals surface area contributed by atoms with Crippen LogP contribution in [0.25, 0.3) is 0 Å². The van der Waals surface area contributed by atoms with Crippen molar-refractivity contribution < 1.29 is 4.79 Å². The van der Waals surface area contributed by atoms with Crippen molar-refractivity contribution >= 4 is 5.91 Å². The lowest BCUT2D eigenvalue weighted by Crippen LogP contribution is -2.24. The lowest BCUT2D eigenvalue weighted by Gasteiger charge is -1.96. The van der Waals surface area contributed by atoms with Crippen molar-refractivity contribution in [3.05, 3.63) is 0 Å². The van der Waals surface area contributed by atoms with E-state index in [1.807, 2.05) is 6.07 Å². The number of nitrogens with zero attached hydrogens (tertiary/aromatic N) is 1. The fourth-order valence-electron chi connectivity index (χ4n) is 1.03. The number of rotatable bonds is 2. The maximum Gasteiger partial charge on any atom is 0.220 e. The normalized spacial score (nSPS) is 32.4. The van der Waals surface area contributed by atoms with Crippen molar-refractivity contribution in [2.45, 2.75) is 12.5 Å². The molecule has 10 heavy (non-hydrogen) atoms. The Hall–Kier alpha value is -1.08. The highest BCUT2D eigenvalue weighted by molar-refractivity contribution is 5.79. The van der Waals surface area contributed by atoms with Crippen LogP contribution in [-0.4, -0.2) is 11.9 Å². The van der Waals surface area contributed by atoms with Gasteiger partial charge in [-0.05, 0) is 12.3 Å². The van der Waals surface area contributed by atoms with Gasteiger partial charge < -0.3 is 11.5 Å². The molecule has 3 atom stereocenters. The van der Waals surface area contributed by atoms with Gasteiger partial charge in [0.2, 0.25) is 5.91 Å². The van der Waals surface area contributed by atoms with Gasteiger partial charge in [0.25, 0.3) is 0 Å². The predicted octanol–water partition coefficient (Wildman–Crippen LogP) is -1.04. The monoisotopic (exact) mass is 139 g/mol. The number of hydrogen-bond acceptors (Lipinski definition) is 3. The Morgan fingerprint density at radius 2 is 2.40 bits per heavy atom. The van der Waals surface area contributed by atoms with Crippen LogP contribution in [0.1, 0.15) is 6.42 Å². The molecule has 4 N–H and O–H groups in total. The number of nitrogens with two attached hydrogens (primary N) is 2. The van der Waals surface area contributed by atoms with E-state index in [0.29, 0.717) is 6.42 Å². The van der Waals surface area contributed by atoms with Gasteiger partial charge >= 0.3 is 0 Å². The average Bonchev–Trinajstić information content (AvgIpc) is 2.64. The summed E-state index contributed by atoms with van der Waals surface area (Å²) in [5.74, 6) is -0.465. The maximum absolute atomic E-state index is 10.4. The number of hydrogen-bond donors (Lipinski definition) is 2. The van der Waals surface area contributed by atoms with Crippen molar-refractivity contribution in [2.75, 3.05) is 0 Å². The summed E-state index contributed by atoms with van der Waals surface area (Å²) in [4.78, 5) is 10.4. The zero-order valence-corrected chi connectivity index (χ0v) is 5.45. The highest BCUT2D eigenvalue weighted by Crippen LogP contribution is 2.39. The van der Waals surface area contributed by atoms with Gasteiger partial charge in [-0.3, -0.25) is 4.79 Å². The SMILES string of the molecule is N#CC(N)[C@@H]1C[C@H]1C(N)=O. The van der Waals surface area contributed by atoms with E-state index in [9.17, 15) is 4.79 Å². The summed E-state index contributed by atoms with van der Waals surface area (Å²) >= 11 is 0. The molecule has 54 valence electrons. The van der Waals surface area contributed by atoms with Crippen LogP contribution in [0.4, 0.5) is 0 Å². The highest BCUT2D eigenvalue weighted by Gasteiger charge is 2.45. The van der Waals surface area contributed by atoms with Gasteiger partial charge in [-0.25, -0.2) is 0 Å². The molecule has 1 amide bonds. The molecular formula is C6H9N3O. The molecule has 4 nitrogen and oxygen atoms in total. The Labute approximate surface area is 58.8 Å². The van der Waals surface area contributed by atoms with E-state index in [2.05, 4.69) is 0 Å². The fourth-order valence-corrected chi connectivity index (χ4v) is 1.03. The van der Waals surface area contributed by atoms with E-state index >= 15 is 0 Å². The third kappa shape index (κ3) is 1.09. The third-order valence-electron chi connectivity index (χ3n) is 1.82. The molecule has 0 aromatic rings. The van der Waals surface area contributed by atoms with Crippen LogP contribution in [0.5, 0.6) is 0 Å². The van der Waals surface area contributed by atoms with Crippen molar-refractivity contribution in [1.29, 1.82) is 5.26 Å². The van der Waals surface area contributed by atoms with Crippen LogP contribution in [0, 0.1) is 23.2 Å². The van der Waals surface area contributed by atoms with Gasteiger partial charge in [0.05, 0.1) is 12.1 Å². The number of carbonyl (C=O) groups is 1. The second-order valence-corrected chi connectivity index (χ2v) is 2.56. The summed E-state index contributed by atoms with van der Waals surface area (Å²) in [7, 11) is 0. The second-order valence-electron chi connectivity index (χ2n) is 2.56. The van der Waals surface area contributed by atoms with Gasteiger partial charge in [0.15, 0.2) is 0 Å². The molecule has 4 heteroatoms. The third-order valence-corrected chi connectivity index (χ3v) is 1.82. The summed E-state index contributed by atoms with van der Waals surface area (Å²) in [5, 5.41) is 8.32. The number of nitriles is 1. The van der Waals surface area contributed by atoms with Gasteiger partial charge in [0.1, 0.15) is 0 Å². The van der Waals surface area contributed by atoms with E-state index in [0.717, 1.165) is 0 Å². The van der Waals surface area contributed by atoms with Crippen molar-refractivity contribution in [1.82, 2.24) is 0 Å². The summed E-state index contributed by atoms with van der Waals surface area (Å²) in [6.07, 6.45) is 0.685. The number of carbonyl (C=O) groups excluding carboxylic acids is 1. The topological polar surface area (TPSA) is 92.9 Å². The highest BCUT2D eigenvalue weighted by atomic mass is 16.1. The molecule has 0 aliphatic heterocycles. The van der Waals surface area contributed by atoms with Crippen LogP contribution in [-0.2, 0) is 4.79 Å². The molecule has 1 saturated carbocycles. The van der Waals surface area contributed by atoms with Crippen molar-refractivity contribution in [2.24, 2.45) is 23.3 Å². The molecular weight excluding hydrogens is 130 g/mol. The van der Waals surface area contributed by atoms with Crippen LogP contribution in [0.3, 0.4) is 0 Å². The van der Waals surface area contributed by atoms with Crippen LogP contribution in [0.15, 0.2) is 0 Å². The molecule has 0 heterocycles. The Morgan fingerprint density at radius 3 is 2.70 bits per heavy atom. The van der Waals surface area contributed by atoms with E-state index in [-0.39, 0.29) is 17.7 Å². The largest absolute Gasteiger partial charge is 0.369 e. The quantitative estimate of drug-likeness (QED) is 0.511. The number of primary amides is 1. The first-order chi connectivity index (χ1) is 4.66. The van der Waals surface area contributed by atoms with E-state index in [1.54, 1.807) is 0 Å². The zero-order valence-electron chi connectivity index (χ0n) is 5.45. The summed E-state index contributed by atoms with van der Waals surface area (Å²) in [5.41, 5.74) is 10.3. The number of amides is 1. The van der Waals surface area contributed by atoms with Gasteiger partial charge in [0, 0.05) is 5.92 Å². The second kappa shape index (κ2) is 2.27. The molecule has 1 fully saturated rings. The molecule has 0 saturated heterocycles. The zero-order chi connectivity index (χ0) is 7.72. The molecule has 1 rings (SSSR count). The van der Waals surface area contributed by atoms with E-state index in [1.165, 1.54) is 0 Å². The van der Waals surface area contributed by atoms with Crippen LogP contribution in [0.2, 0.25) is 0 Å². The van der Waals surface area contributed by atoms with Gasteiger partial charge in [-0.1, -0.05) is 0 Å². The van der Waals surface area contributed by atoms with Crippen LogP contribution >= 0.6 is 0 Å². The Morgan fingerprint density at radius 1 is 1.80 bits per heavy atom. The lowest BCUT2D eigenvalue weighted by atomic mass is 10.2. The standard InChI is InChI=1S/C6H9N3O/c7-2-5(8)3-1-4(3)6(9)10/h3-5H,1,8H2,(H2,9,10)/t3-,4-,5?/m1/s1. The van der Waals surface area contributed by atoms with E-state index < -0.39 is 6.04 Å². The molecule has 0 aromatic carbocycles. The Bertz CT molecular complexity index is 196. The fraction of sp³-hybridized carbons (Fsp3) is 0.667. The molecule has 1 unspecified atom stereocenters. The van der Waals surface area contributed by atoms with Crippen LogP contribution < -0.4 is 11.5 Å². The minimum Gasteiger partial charge on any atom is -0.369 e. The minimum atomic E-state index is -0.516. The van der Waals surface area contributed by atoms with Gasteiger partial charge in [-0.15, -0.1) is 0 Å². The predicted molar refractivity (Wildman–Crippen MR) is 34.4 cm³/mol. The Kier molecular flexibility index (Phi) is 1.60. The summed E-state index contributed by atoms with van der Waals surface area (Å²) in [6, 6.07) is 1.37. The molecule has 1 aliphatic carbocycles. The Balaban J connectivity index is 2.40. The molecule has 0 bridgehead atoms. The summed E-state index contributed by atoms with van der Waals surface area (Å²) in [6.45, 7) is 0. The average molecular weight is 139 g/mol. The summed E-state index contributed by atoms with van der Waals surface area (Å²) < 4.78 is 0. The molecule has 1 aliphatic rings. The molecule has 0 spiro atoms.